The second-order valence-electron chi connectivity index (χ2n) is 9.47. The molecule has 7 heteroatoms. The monoisotopic (exact) mass is 423 g/mol. The highest BCUT2D eigenvalue weighted by Crippen LogP contribution is 2.53. The zero-order valence-electron chi connectivity index (χ0n) is 18.0. The average molecular weight is 423 g/mol. The Labute approximate surface area is 183 Å². The molecule has 0 radical (unpaired) electrons. The van der Waals surface area contributed by atoms with E-state index in [1.807, 2.05) is 13.0 Å². The van der Waals surface area contributed by atoms with Gasteiger partial charge in [-0.15, -0.1) is 0 Å². The van der Waals surface area contributed by atoms with E-state index in [1.54, 1.807) is 23.1 Å². The highest BCUT2D eigenvalue weighted by Gasteiger charge is 2.58. The Morgan fingerprint density at radius 1 is 1.10 bits per heavy atom. The molecule has 0 unspecified atom stereocenters. The topological polar surface area (TPSA) is 87.1 Å². The van der Waals surface area contributed by atoms with Crippen LogP contribution in [0.5, 0.6) is 5.75 Å². The predicted octanol–water partition coefficient (Wildman–Crippen LogP) is 3.53. The third-order valence-electron chi connectivity index (χ3n) is 7.90. The Morgan fingerprint density at radius 3 is 2.55 bits per heavy atom. The van der Waals surface area contributed by atoms with Gasteiger partial charge in [-0.05, 0) is 49.6 Å². The molecule has 1 aromatic carbocycles. The Bertz CT molecular complexity index is 924. The second-order valence-corrected chi connectivity index (χ2v) is 9.47. The average Bonchev–Trinajstić information content (AvgIpc) is 3.03. The van der Waals surface area contributed by atoms with Crippen molar-refractivity contribution in [1.29, 1.82) is 0 Å². The lowest BCUT2D eigenvalue weighted by atomic mass is 9.55. The summed E-state index contributed by atoms with van der Waals surface area (Å²) >= 11 is 0. The van der Waals surface area contributed by atoms with Crippen molar-refractivity contribution < 1.29 is 24.4 Å². The highest BCUT2D eigenvalue weighted by atomic mass is 16.5. The van der Waals surface area contributed by atoms with E-state index in [0.717, 1.165) is 43.1 Å². The van der Waals surface area contributed by atoms with Crippen LogP contribution in [0.15, 0.2) is 35.3 Å². The normalized spacial score (nSPS) is 31.8. The maximum Gasteiger partial charge on any atom is 0.487 e. The number of allylic oxidation sites excluding steroid dienone is 2. The van der Waals surface area contributed by atoms with Gasteiger partial charge in [0.2, 0.25) is 11.8 Å². The number of benzene rings is 1. The number of rotatable bonds is 3. The number of likely N-dealkylation sites (tertiary alicyclic amines) is 1. The first-order chi connectivity index (χ1) is 15.0. The lowest BCUT2D eigenvalue weighted by Crippen LogP contribution is -2.45. The van der Waals surface area contributed by atoms with E-state index >= 15 is 0 Å². The van der Waals surface area contributed by atoms with Crippen LogP contribution in [-0.4, -0.2) is 40.0 Å². The van der Waals surface area contributed by atoms with Crippen LogP contribution in [0.1, 0.15) is 70.0 Å². The lowest BCUT2D eigenvalue weighted by Gasteiger charge is -2.42. The van der Waals surface area contributed by atoms with Gasteiger partial charge in [-0.25, -0.2) is 0 Å². The Hall–Kier alpha value is -2.12. The van der Waals surface area contributed by atoms with Crippen LogP contribution in [0.25, 0.3) is 0 Å². The molecule has 2 saturated heterocycles. The van der Waals surface area contributed by atoms with Gasteiger partial charge in [0.25, 0.3) is 0 Å². The maximum absolute atomic E-state index is 13.6. The molecule has 4 aliphatic rings. The number of hydrogen-bond donors (Lipinski definition) is 2. The molecule has 0 spiro atoms. The van der Waals surface area contributed by atoms with Crippen molar-refractivity contribution in [2.45, 2.75) is 70.4 Å². The molecule has 2 N–H and O–H groups in total. The van der Waals surface area contributed by atoms with Crippen LogP contribution < -0.4 is 0 Å². The van der Waals surface area contributed by atoms with Crippen molar-refractivity contribution in [3.63, 3.8) is 0 Å². The SMILES string of the molecule is CCC1=C2B(O)O[C@H](c3ccccc3O)C[C@H]2[C@H]2C(=O)N(C3CCCCC3)C(=O)[C@H]2C1. The second kappa shape index (κ2) is 8.10. The van der Waals surface area contributed by atoms with Gasteiger partial charge in [0.1, 0.15) is 5.75 Å². The fraction of sp³-hybridized carbons (Fsp3) is 0.583. The summed E-state index contributed by atoms with van der Waals surface area (Å²) in [7, 11) is -1.12. The summed E-state index contributed by atoms with van der Waals surface area (Å²) in [5.74, 6) is -0.989. The molecular formula is C24H30BNO5. The smallest absolute Gasteiger partial charge is 0.487 e. The maximum atomic E-state index is 13.6. The zero-order chi connectivity index (χ0) is 21.7. The van der Waals surface area contributed by atoms with E-state index in [4.69, 9.17) is 4.65 Å². The number of para-hydroxylation sites is 1. The molecule has 0 bridgehead atoms. The van der Waals surface area contributed by atoms with Crippen molar-refractivity contribution in [2.24, 2.45) is 17.8 Å². The molecule has 164 valence electrons. The number of phenolic OH excluding ortho intramolecular Hbond substituents is 1. The fourth-order valence-corrected chi connectivity index (χ4v) is 6.43. The first-order valence-electron chi connectivity index (χ1n) is 11.7. The van der Waals surface area contributed by atoms with Crippen LogP contribution in [0.2, 0.25) is 0 Å². The number of phenols is 1. The van der Waals surface area contributed by atoms with Gasteiger partial charge in [-0.2, -0.15) is 0 Å². The van der Waals surface area contributed by atoms with Crippen molar-refractivity contribution in [3.8, 4) is 5.75 Å². The van der Waals surface area contributed by atoms with Crippen LogP contribution >= 0.6 is 0 Å². The molecule has 0 aromatic heterocycles. The molecule has 2 aliphatic heterocycles. The van der Waals surface area contributed by atoms with Crippen molar-refractivity contribution in [1.82, 2.24) is 4.90 Å². The van der Waals surface area contributed by atoms with Crippen LogP contribution in [0.4, 0.5) is 0 Å². The van der Waals surface area contributed by atoms with Crippen LogP contribution in [0.3, 0.4) is 0 Å². The Kier molecular flexibility index (Phi) is 5.43. The minimum Gasteiger partial charge on any atom is -0.508 e. The van der Waals surface area contributed by atoms with Gasteiger partial charge < -0.3 is 14.8 Å². The number of fused-ring (bicyclic) bond motifs is 3. The van der Waals surface area contributed by atoms with E-state index in [1.165, 1.54) is 6.42 Å². The van der Waals surface area contributed by atoms with E-state index in [9.17, 15) is 19.7 Å². The zero-order valence-corrected chi connectivity index (χ0v) is 18.0. The highest BCUT2D eigenvalue weighted by molar-refractivity contribution is 6.53. The third kappa shape index (κ3) is 3.33. The molecule has 3 fully saturated rings. The van der Waals surface area contributed by atoms with Gasteiger partial charge in [-0.3, -0.25) is 14.5 Å². The number of hydrogen-bond acceptors (Lipinski definition) is 5. The summed E-state index contributed by atoms with van der Waals surface area (Å²) in [5, 5.41) is 21.3. The molecule has 31 heavy (non-hydrogen) atoms. The van der Waals surface area contributed by atoms with E-state index in [-0.39, 0.29) is 35.4 Å². The minimum atomic E-state index is -1.12. The molecule has 1 saturated carbocycles. The van der Waals surface area contributed by atoms with Crippen LogP contribution in [-0.2, 0) is 14.2 Å². The van der Waals surface area contributed by atoms with Crippen molar-refractivity contribution in [3.05, 3.63) is 40.9 Å². The Balaban J connectivity index is 1.51. The molecular weight excluding hydrogens is 393 g/mol. The standard InChI is InChI=1S/C24H30BNO5/c1-2-14-12-18-21(24(29)26(23(18)28)15-8-4-3-5-9-15)17-13-20(31-25(30)22(14)17)16-10-6-7-11-19(16)27/h6-7,10-11,15,17-18,20-21,27,30H,2-5,8-9,12-13H2,1H3/t17-,18-,20-,21+/m0/s1. The van der Waals surface area contributed by atoms with E-state index < -0.39 is 19.1 Å². The molecule has 2 heterocycles. The van der Waals surface area contributed by atoms with Gasteiger partial charge in [0.15, 0.2) is 0 Å². The van der Waals surface area contributed by atoms with Gasteiger partial charge in [0, 0.05) is 11.6 Å². The number of imide groups is 1. The first kappa shape index (κ1) is 20.8. The van der Waals surface area contributed by atoms with Crippen molar-refractivity contribution >= 4 is 18.9 Å². The summed E-state index contributed by atoms with van der Waals surface area (Å²) in [5.41, 5.74) is 2.45. The summed E-state index contributed by atoms with van der Waals surface area (Å²) in [4.78, 5) is 28.6. The third-order valence-corrected chi connectivity index (χ3v) is 7.90. The number of nitrogens with zero attached hydrogens (tertiary/aromatic N) is 1. The summed E-state index contributed by atoms with van der Waals surface area (Å²) in [6.45, 7) is 2.03. The molecule has 6 nitrogen and oxygen atoms in total. The van der Waals surface area contributed by atoms with Crippen molar-refractivity contribution in [2.75, 3.05) is 0 Å². The van der Waals surface area contributed by atoms with Gasteiger partial charge in [-0.1, -0.05) is 50.0 Å². The molecule has 1 aromatic rings. The molecule has 2 amide bonds. The number of carbonyl (C=O) groups is 2. The molecule has 5 rings (SSSR count). The van der Waals surface area contributed by atoms with Crippen LogP contribution in [0, 0.1) is 17.8 Å². The predicted molar refractivity (Wildman–Crippen MR) is 116 cm³/mol. The minimum absolute atomic E-state index is 0.0200. The summed E-state index contributed by atoms with van der Waals surface area (Å²) in [6.07, 6.45) is 6.30. The first-order valence-corrected chi connectivity index (χ1v) is 11.7. The number of amides is 2. The Morgan fingerprint density at radius 2 is 1.84 bits per heavy atom. The van der Waals surface area contributed by atoms with Gasteiger partial charge >= 0.3 is 7.12 Å². The quantitative estimate of drug-likeness (QED) is 0.574. The van der Waals surface area contributed by atoms with Gasteiger partial charge in [0.05, 0.1) is 17.9 Å². The summed E-state index contributed by atoms with van der Waals surface area (Å²) < 4.78 is 5.94. The number of carbonyl (C=O) groups excluding carboxylic acids is 2. The van der Waals surface area contributed by atoms with E-state index in [2.05, 4.69) is 0 Å². The summed E-state index contributed by atoms with van der Waals surface area (Å²) in [6, 6.07) is 6.99. The lowest BCUT2D eigenvalue weighted by molar-refractivity contribution is -0.143. The molecule has 4 atom stereocenters. The number of aromatic hydroxyl groups is 1. The largest absolute Gasteiger partial charge is 0.508 e. The fourth-order valence-electron chi connectivity index (χ4n) is 6.43. The van der Waals surface area contributed by atoms with E-state index in [0.29, 0.717) is 18.4 Å². The molecule has 2 aliphatic carbocycles.